The topological polar surface area (TPSA) is 24.1 Å². The van der Waals surface area contributed by atoms with Crippen molar-refractivity contribution in [1.82, 2.24) is 10.6 Å². The van der Waals surface area contributed by atoms with Gasteiger partial charge in [-0.05, 0) is 75.0 Å². The van der Waals surface area contributed by atoms with Gasteiger partial charge in [0.1, 0.15) is 12.3 Å². The predicted octanol–water partition coefficient (Wildman–Crippen LogP) is 4.59. The van der Waals surface area contributed by atoms with E-state index in [0.717, 1.165) is 25.4 Å². The molecule has 3 atom stereocenters. The average Bonchev–Trinajstić information content (AvgIpc) is 2.63. The van der Waals surface area contributed by atoms with Crippen LogP contribution >= 0.6 is 0 Å². The molecule has 0 aromatic rings. The molecule has 1 aliphatic heterocycles. The lowest BCUT2D eigenvalue weighted by Crippen LogP contribution is -2.56. The van der Waals surface area contributed by atoms with Crippen LogP contribution in [0.1, 0.15) is 71.1 Å². The number of unbranched alkanes of at least 4 members (excludes halogenated alkanes) is 1. The molecule has 2 saturated carbocycles. The second kappa shape index (κ2) is 8.93. The Balaban J connectivity index is 1.38. The molecule has 0 bridgehead atoms. The van der Waals surface area contributed by atoms with Gasteiger partial charge in [0.05, 0.1) is 6.17 Å². The molecule has 3 aliphatic rings. The fourth-order valence-electron chi connectivity index (χ4n) is 5.25. The number of hydrogen-bond donors (Lipinski definition) is 2. The predicted molar refractivity (Wildman–Crippen MR) is 95.4 cm³/mol. The van der Waals surface area contributed by atoms with Gasteiger partial charge in [-0.1, -0.05) is 19.8 Å². The van der Waals surface area contributed by atoms with Crippen LogP contribution in [-0.4, -0.2) is 31.6 Å². The van der Waals surface area contributed by atoms with E-state index < -0.39 is 12.3 Å². The largest absolute Gasteiger partial charge is 0.301 e. The minimum absolute atomic E-state index is 0.429. The fourth-order valence-corrected chi connectivity index (χ4v) is 5.25. The molecule has 0 amide bonds. The normalized spacial score (nSPS) is 44.4. The van der Waals surface area contributed by atoms with Crippen molar-refractivity contribution in [3.63, 3.8) is 0 Å². The molecule has 140 valence electrons. The summed E-state index contributed by atoms with van der Waals surface area (Å²) in [6.07, 6.45) is 8.71. The van der Waals surface area contributed by atoms with Gasteiger partial charge in [-0.2, -0.15) is 0 Å². The van der Waals surface area contributed by atoms with E-state index >= 15 is 0 Å². The van der Waals surface area contributed by atoms with E-state index in [1.54, 1.807) is 0 Å². The summed E-state index contributed by atoms with van der Waals surface area (Å²) in [6, 6.07) is 0. The lowest BCUT2D eigenvalue weighted by molar-refractivity contribution is 0.0496. The maximum absolute atomic E-state index is 13.7. The van der Waals surface area contributed by atoms with Crippen molar-refractivity contribution in [2.75, 3.05) is 13.1 Å². The first-order valence-corrected chi connectivity index (χ1v) is 10.4. The molecule has 3 rings (SSSR count). The Bertz CT molecular complexity index is 363. The third kappa shape index (κ3) is 4.69. The zero-order valence-electron chi connectivity index (χ0n) is 15.3. The average molecular weight is 343 g/mol. The highest BCUT2D eigenvalue weighted by atomic mass is 19.2. The smallest absolute Gasteiger partial charge is 0.131 e. The molecule has 4 heteroatoms. The Morgan fingerprint density at radius 2 is 1.42 bits per heavy atom. The molecule has 0 aromatic heterocycles. The first kappa shape index (κ1) is 18.6. The van der Waals surface area contributed by atoms with Crippen LogP contribution in [0.5, 0.6) is 0 Å². The lowest BCUT2D eigenvalue weighted by atomic mass is 9.69. The van der Waals surface area contributed by atoms with Crippen LogP contribution in [0.4, 0.5) is 8.78 Å². The van der Waals surface area contributed by atoms with E-state index in [4.69, 9.17) is 0 Å². The first-order chi connectivity index (χ1) is 11.7. The summed E-state index contributed by atoms with van der Waals surface area (Å²) in [5.41, 5.74) is 0. The first-order valence-electron chi connectivity index (χ1n) is 10.4. The van der Waals surface area contributed by atoms with E-state index in [1.807, 2.05) is 0 Å². The maximum Gasteiger partial charge on any atom is 0.131 e. The van der Waals surface area contributed by atoms with Crippen LogP contribution in [0.25, 0.3) is 0 Å². The number of rotatable bonds is 5. The van der Waals surface area contributed by atoms with Gasteiger partial charge in [-0.15, -0.1) is 0 Å². The van der Waals surface area contributed by atoms with E-state index in [9.17, 15) is 8.78 Å². The number of alkyl halides is 2. The summed E-state index contributed by atoms with van der Waals surface area (Å²) < 4.78 is 27.0. The van der Waals surface area contributed by atoms with E-state index in [-0.39, 0.29) is 0 Å². The third-order valence-corrected chi connectivity index (χ3v) is 6.91. The van der Waals surface area contributed by atoms with Gasteiger partial charge in [0.25, 0.3) is 0 Å². The van der Waals surface area contributed by atoms with Crippen LogP contribution in [0.2, 0.25) is 0 Å². The van der Waals surface area contributed by atoms with Gasteiger partial charge < -0.3 is 10.6 Å². The summed E-state index contributed by atoms with van der Waals surface area (Å²) >= 11 is 0. The van der Waals surface area contributed by atoms with Crippen molar-refractivity contribution in [1.29, 1.82) is 0 Å². The summed E-state index contributed by atoms with van der Waals surface area (Å²) in [6.45, 7) is 4.57. The van der Waals surface area contributed by atoms with Gasteiger partial charge in [-0.25, -0.2) is 8.78 Å². The SMILES string of the molecule is CCCCC1CNC(C2CCC(C3CCC(F)C(F)C3)CC2)NC1. The van der Waals surface area contributed by atoms with E-state index in [2.05, 4.69) is 17.6 Å². The molecule has 0 aromatic carbocycles. The van der Waals surface area contributed by atoms with Gasteiger partial charge in [-0.3, -0.25) is 0 Å². The Labute approximate surface area is 146 Å². The van der Waals surface area contributed by atoms with Crippen molar-refractivity contribution < 1.29 is 8.78 Å². The molecule has 24 heavy (non-hydrogen) atoms. The maximum atomic E-state index is 13.7. The molecular weight excluding hydrogens is 306 g/mol. The van der Waals surface area contributed by atoms with Crippen LogP contribution < -0.4 is 10.6 Å². The molecule has 2 nitrogen and oxygen atoms in total. The molecule has 1 saturated heterocycles. The zero-order chi connectivity index (χ0) is 16.9. The Hall–Kier alpha value is -0.220. The fraction of sp³-hybridized carbons (Fsp3) is 1.00. The standard InChI is InChI=1S/C20H36F2N2/c1-2-3-4-14-12-23-20(24-13-14)16-7-5-15(6-8-16)17-9-10-18(21)19(22)11-17/h14-20,23-24H,2-13H2,1H3. The monoisotopic (exact) mass is 342 g/mol. The van der Waals surface area contributed by atoms with Crippen LogP contribution in [-0.2, 0) is 0 Å². The van der Waals surface area contributed by atoms with Gasteiger partial charge in [0.15, 0.2) is 0 Å². The zero-order valence-corrected chi connectivity index (χ0v) is 15.3. The minimum atomic E-state index is -1.21. The van der Waals surface area contributed by atoms with Crippen molar-refractivity contribution >= 4 is 0 Å². The quantitative estimate of drug-likeness (QED) is 0.763. The lowest BCUT2D eigenvalue weighted by Gasteiger charge is -2.42. The number of nitrogens with one attached hydrogen (secondary N) is 2. The molecule has 0 radical (unpaired) electrons. The van der Waals surface area contributed by atoms with Crippen molar-refractivity contribution in [2.24, 2.45) is 23.7 Å². The second-order valence-corrected chi connectivity index (χ2v) is 8.58. The Morgan fingerprint density at radius 1 is 0.792 bits per heavy atom. The number of hydrogen-bond acceptors (Lipinski definition) is 2. The van der Waals surface area contributed by atoms with Gasteiger partial charge in [0, 0.05) is 13.1 Å². The van der Waals surface area contributed by atoms with Gasteiger partial charge >= 0.3 is 0 Å². The molecular formula is C20H36F2N2. The molecule has 0 spiro atoms. The molecule has 3 unspecified atom stereocenters. The molecule has 2 N–H and O–H groups in total. The number of halogens is 2. The summed E-state index contributed by atoms with van der Waals surface area (Å²) in [7, 11) is 0. The van der Waals surface area contributed by atoms with Gasteiger partial charge in [0.2, 0.25) is 0 Å². The van der Waals surface area contributed by atoms with Crippen LogP contribution in [0.15, 0.2) is 0 Å². The summed E-state index contributed by atoms with van der Waals surface area (Å²) in [5.74, 6) is 2.56. The molecule has 3 fully saturated rings. The van der Waals surface area contributed by atoms with Crippen molar-refractivity contribution in [3.8, 4) is 0 Å². The van der Waals surface area contributed by atoms with Crippen molar-refractivity contribution in [2.45, 2.75) is 89.6 Å². The minimum Gasteiger partial charge on any atom is -0.301 e. The van der Waals surface area contributed by atoms with Crippen LogP contribution in [0, 0.1) is 23.7 Å². The third-order valence-electron chi connectivity index (χ3n) is 6.91. The Kier molecular flexibility index (Phi) is 6.91. The second-order valence-electron chi connectivity index (χ2n) is 8.58. The summed E-state index contributed by atoms with van der Waals surface area (Å²) in [5, 5.41) is 7.47. The highest BCUT2D eigenvalue weighted by Crippen LogP contribution is 2.42. The molecule has 1 heterocycles. The highest BCUT2D eigenvalue weighted by molar-refractivity contribution is 4.89. The van der Waals surface area contributed by atoms with E-state index in [0.29, 0.717) is 36.8 Å². The highest BCUT2D eigenvalue weighted by Gasteiger charge is 2.37. The van der Waals surface area contributed by atoms with Crippen molar-refractivity contribution in [3.05, 3.63) is 0 Å². The van der Waals surface area contributed by atoms with Crippen LogP contribution in [0.3, 0.4) is 0 Å². The Morgan fingerprint density at radius 3 is 2.04 bits per heavy atom. The summed E-state index contributed by atoms with van der Waals surface area (Å²) in [4.78, 5) is 0. The molecule has 2 aliphatic carbocycles. The van der Waals surface area contributed by atoms with E-state index in [1.165, 1.54) is 44.9 Å².